The fourth-order valence-electron chi connectivity index (χ4n) is 7.55. The van der Waals surface area contributed by atoms with Crippen LogP contribution in [0.2, 0.25) is 0 Å². The summed E-state index contributed by atoms with van der Waals surface area (Å²) in [6.45, 7) is 5.65. The lowest BCUT2D eigenvalue weighted by Gasteiger charge is -2.24. The summed E-state index contributed by atoms with van der Waals surface area (Å²) in [5.74, 6) is -0.318. The molecule has 0 aliphatic heterocycles. The monoisotopic (exact) mass is 873 g/mol. The molecule has 0 heterocycles. The highest BCUT2D eigenvalue weighted by atomic mass is 31.2. The molecule has 0 radical (unpaired) electrons. The average Bonchev–Trinajstić information content (AvgIpc) is 3.20. The van der Waals surface area contributed by atoms with Gasteiger partial charge in [-0.15, -0.1) is 0 Å². The van der Waals surface area contributed by atoms with Crippen LogP contribution >= 0.6 is 7.82 Å². The highest BCUT2D eigenvalue weighted by molar-refractivity contribution is 7.47. The first kappa shape index (κ1) is 59.2. The molecule has 0 bridgehead atoms. The van der Waals surface area contributed by atoms with Crippen LogP contribution in [0, 0.1) is 0 Å². The van der Waals surface area contributed by atoms with E-state index < -0.39 is 13.9 Å². The van der Waals surface area contributed by atoms with Crippen LogP contribution in [0.4, 0.5) is 0 Å². The van der Waals surface area contributed by atoms with Crippen molar-refractivity contribution in [3.05, 3.63) is 12.2 Å². The van der Waals surface area contributed by atoms with E-state index in [2.05, 4.69) is 26.0 Å². The zero-order valence-electron chi connectivity index (χ0n) is 40.7. The van der Waals surface area contributed by atoms with Crippen molar-refractivity contribution < 1.29 is 37.3 Å². The predicted octanol–water partition coefficient (Wildman–Crippen LogP) is 15.8. The molecule has 0 amide bonds. The van der Waals surface area contributed by atoms with Crippen molar-refractivity contribution in [1.82, 2.24) is 0 Å². The quantitative estimate of drug-likeness (QED) is 0.0214. The summed E-state index contributed by atoms with van der Waals surface area (Å²) >= 11 is 0. The second-order valence-corrected chi connectivity index (χ2v) is 20.4. The Bertz CT molecular complexity index is 972. The number of rotatable bonds is 49. The number of likely N-dealkylation sites (N-methyl/N-ethyl adjacent to an activating group) is 1. The number of esters is 1. The Morgan fingerprint density at radius 2 is 0.867 bits per heavy atom. The highest BCUT2D eigenvalue weighted by Gasteiger charge is 2.26. The van der Waals surface area contributed by atoms with Crippen LogP contribution in [-0.2, 0) is 27.9 Å². The number of hydrogen-bond donors (Lipinski definition) is 1. The van der Waals surface area contributed by atoms with Gasteiger partial charge in [0.15, 0.2) is 0 Å². The van der Waals surface area contributed by atoms with Gasteiger partial charge in [0.1, 0.15) is 19.3 Å². The van der Waals surface area contributed by atoms with Crippen LogP contribution in [0.15, 0.2) is 12.2 Å². The Balaban J connectivity index is 4.00. The van der Waals surface area contributed by atoms with Crippen molar-refractivity contribution in [1.29, 1.82) is 0 Å². The molecule has 0 spiro atoms. The third kappa shape index (κ3) is 48.3. The smallest absolute Gasteiger partial charge is 0.457 e. The molecule has 0 aliphatic carbocycles. The summed E-state index contributed by atoms with van der Waals surface area (Å²) < 4.78 is 35.1. The molecule has 0 rings (SSSR count). The average molecular weight is 873 g/mol. The van der Waals surface area contributed by atoms with Gasteiger partial charge in [-0.25, -0.2) is 4.57 Å². The summed E-state index contributed by atoms with van der Waals surface area (Å²) in [4.78, 5) is 22.9. The number of hydrogen-bond acceptors (Lipinski definition) is 6. The van der Waals surface area contributed by atoms with E-state index in [0.717, 1.165) is 38.5 Å². The first-order valence-electron chi connectivity index (χ1n) is 25.9. The maximum Gasteiger partial charge on any atom is 0.472 e. The van der Waals surface area contributed by atoms with Gasteiger partial charge < -0.3 is 18.9 Å². The Morgan fingerprint density at radius 3 is 1.28 bits per heavy atom. The van der Waals surface area contributed by atoms with Crippen molar-refractivity contribution >= 4 is 13.8 Å². The Labute approximate surface area is 373 Å². The summed E-state index contributed by atoms with van der Waals surface area (Å²) in [5.41, 5.74) is 0. The van der Waals surface area contributed by atoms with Gasteiger partial charge in [-0.05, 0) is 38.5 Å². The van der Waals surface area contributed by atoms with E-state index in [1.165, 1.54) is 193 Å². The van der Waals surface area contributed by atoms with Gasteiger partial charge in [-0.3, -0.25) is 13.8 Å². The third-order valence-corrected chi connectivity index (χ3v) is 12.6. The predicted molar refractivity (Wildman–Crippen MR) is 257 cm³/mol. The molecule has 0 aromatic rings. The number of phosphoric acid groups is 1. The van der Waals surface area contributed by atoms with Crippen molar-refractivity contribution in [2.24, 2.45) is 0 Å². The van der Waals surface area contributed by atoms with E-state index >= 15 is 0 Å². The van der Waals surface area contributed by atoms with Crippen LogP contribution in [0.3, 0.4) is 0 Å². The standard InChI is InChI=1S/C51H102NO7P/c1-6-8-10-12-14-16-18-20-21-22-23-24-25-26-27-28-29-30-31-33-35-37-39-41-43-46-56-48-50(49-58-60(54,55)57-47-45-52(3,4)5)59-51(53)44-42-40-38-36-34-32-19-17-15-13-11-9-7-2/h17,19,50H,6-16,18,20-49H2,1-5H3/p+1/b19-17-. The van der Waals surface area contributed by atoms with Crippen LogP contribution in [0.1, 0.15) is 251 Å². The Kier molecular flexibility index (Phi) is 44.3. The van der Waals surface area contributed by atoms with E-state index in [4.69, 9.17) is 18.5 Å². The number of carbonyl (C=O) groups excluding carboxylic acids is 1. The van der Waals surface area contributed by atoms with Crippen molar-refractivity contribution in [3.8, 4) is 0 Å². The van der Waals surface area contributed by atoms with Gasteiger partial charge in [0.05, 0.1) is 34.4 Å². The first-order chi connectivity index (χ1) is 29.1. The maximum atomic E-state index is 12.7. The fourth-order valence-corrected chi connectivity index (χ4v) is 8.29. The Morgan fingerprint density at radius 1 is 0.500 bits per heavy atom. The minimum atomic E-state index is -4.27. The highest BCUT2D eigenvalue weighted by Crippen LogP contribution is 2.43. The van der Waals surface area contributed by atoms with Crippen LogP contribution in [0.25, 0.3) is 0 Å². The molecule has 0 aliphatic rings. The number of allylic oxidation sites excluding steroid dienone is 2. The van der Waals surface area contributed by atoms with Crippen molar-refractivity contribution in [2.75, 3.05) is 54.1 Å². The van der Waals surface area contributed by atoms with Gasteiger partial charge in [-0.2, -0.15) is 0 Å². The lowest BCUT2D eigenvalue weighted by Crippen LogP contribution is -2.37. The third-order valence-electron chi connectivity index (χ3n) is 11.6. The molecule has 0 fully saturated rings. The summed E-state index contributed by atoms with van der Waals surface area (Å²) in [7, 11) is 1.68. The zero-order chi connectivity index (χ0) is 44.1. The van der Waals surface area contributed by atoms with Crippen LogP contribution in [-0.4, -0.2) is 75.6 Å². The molecule has 1 N–H and O–H groups in total. The minimum Gasteiger partial charge on any atom is -0.457 e. The number of phosphoric ester groups is 1. The molecule has 60 heavy (non-hydrogen) atoms. The lowest BCUT2D eigenvalue weighted by atomic mass is 10.0. The molecule has 0 saturated carbocycles. The summed E-state index contributed by atoms with van der Waals surface area (Å²) in [6.07, 6.45) is 51.3. The molecule has 358 valence electrons. The number of quaternary nitrogens is 1. The molecular formula is C51H103NO7P+. The molecule has 0 aromatic heterocycles. The minimum absolute atomic E-state index is 0.0904. The molecule has 2 atom stereocenters. The van der Waals surface area contributed by atoms with E-state index in [1.54, 1.807) is 0 Å². The number of unbranched alkanes of at least 4 members (excludes halogenated alkanes) is 33. The lowest BCUT2D eigenvalue weighted by molar-refractivity contribution is -0.870. The largest absolute Gasteiger partial charge is 0.472 e. The molecule has 9 heteroatoms. The Hall–Kier alpha value is -0.760. The van der Waals surface area contributed by atoms with E-state index in [1.807, 2.05) is 21.1 Å². The molecule has 0 aromatic carbocycles. The van der Waals surface area contributed by atoms with Gasteiger partial charge >= 0.3 is 13.8 Å². The first-order valence-corrected chi connectivity index (χ1v) is 27.4. The zero-order valence-corrected chi connectivity index (χ0v) is 41.6. The van der Waals surface area contributed by atoms with Crippen molar-refractivity contribution in [3.63, 3.8) is 0 Å². The second-order valence-electron chi connectivity index (χ2n) is 18.9. The molecule has 8 nitrogen and oxygen atoms in total. The van der Waals surface area contributed by atoms with Crippen LogP contribution in [0.5, 0.6) is 0 Å². The van der Waals surface area contributed by atoms with Gasteiger partial charge in [0.2, 0.25) is 0 Å². The van der Waals surface area contributed by atoms with Gasteiger partial charge in [0.25, 0.3) is 0 Å². The molecule has 0 saturated heterocycles. The van der Waals surface area contributed by atoms with E-state index in [9.17, 15) is 14.3 Å². The molecular weight excluding hydrogens is 770 g/mol. The normalized spacial score (nSPS) is 13.6. The van der Waals surface area contributed by atoms with Gasteiger partial charge in [0, 0.05) is 13.0 Å². The van der Waals surface area contributed by atoms with Gasteiger partial charge in [-0.1, -0.05) is 219 Å². The van der Waals surface area contributed by atoms with Crippen LogP contribution < -0.4 is 0 Å². The maximum absolute atomic E-state index is 12.7. The number of nitrogens with zero attached hydrogens (tertiary/aromatic N) is 1. The number of ether oxygens (including phenoxy) is 2. The van der Waals surface area contributed by atoms with E-state index in [-0.39, 0.29) is 25.8 Å². The SMILES string of the molecule is CCCCCC/C=C\CCCCCCCC(=O)OC(COCCCCCCCCCCCCCCCCCCCCCCCCCCC)COP(=O)(O)OCC[N+](C)(C)C. The van der Waals surface area contributed by atoms with Crippen molar-refractivity contribution in [2.45, 2.75) is 258 Å². The number of carbonyl (C=O) groups is 1. The topological polar surface area (TPSA) is 91.3 Å². The molecule has 2 unspecified atom stereocenters. The van der Waals surface area contributed by atoms with E-state index in [0.29, 0.717) is 24.1 Å². The summed E-state index contributed by atoms with van der Waals surface area (Å²) in [5, 5.41) is 0. The summed E-state index contributed by atoms with van der Waals surface area (Å²) in [6, 6.07) is 0. The fraction of sp³-hybridized carbons (Fsp3) is 0.941. The second kappa shape index (κ2) is 44.8.